The fourth-order valence-corrected chi connectivity index (χ4v) is 5.39. The van der Waals surface area contributed by atoms with E-state index in [1.165, 1.54) is 6.92 Å². The van der Waals surface area contributed by atoms with Gasteiger partial charge in [0.25, 0.3) is 0 Å². The van der Waals surface area contributed by atoms with Crippen LogP contribution >= 0.6 is 0 Å². The zero-order valence-corrected chi connectivity index (χ0v) is 20.1. The zero-order valence-electron chi connectivity index (χ0n) is 20.1. The van der Waals surface area contributed by atoms with Crippen molar-refractivity contribution < 1.29 is 14.4 Å². The molecule has 0 aliphatic heterocycles. The average Bonchev–Trinajstić information content (AvgIpc) is 3.22. The van der Waals surface area contributed by atoms with Gasteiger partial charge in [0.05, 0.1) is 5.92 Å². The minimum atomic E-state index is -1.15. The monoisotopic (exact) mass is 464 g/mol. The molecule has 1 aromatic heterocycles. The molecule has 2 N–H and O–H groups in total. The van der Waals surface area contributed by atoms with Gasteiger partial charge in [-0.15, -0.1) is 0 Å². The normalized spacial score (nSPS) is 20.5. The van der Waals surface area contributed by atoms with Crippen LogP contribution in [0.15, 0.2) is 78.9 Å². The van der Waals surface area contributed by atoms with E-state index >= 15 is 0 Å². The van der Waals surface area contributed by atoms with Crippen molar-refractivity contribution in [3.8, 4) is 0 Å². The summed E-state index contributed by atoms with van der Waals surface area (Å²) < 4.78 is 0. The van der Waals surface area contributed by atoms with Crippen LogP contribution in [0.2, 0.25) is 0 Å². The van der Waals surface area contributed by atoms with Crippen LogP contribution in [0, 0.1) is 12.8 Å². The second-order valence-corrected chi connectivity index (χ2v) is 9.56. The van der Waals surface area contributed by atoms with Gasteiger partial charge in [-0.1, -0.05) is 72.8 Å². The molecule has 5 heteroatoms. The summed E-state index contributed by atoms with van der Waals surface area (Å²) in [5.74, 6) is -1.59. The Balaban J connectivity index is 1.67. The highest BCUT2D eigenvalue weighted by atomic mass is 16.2. The van der Waals surface area contributed by atoms with Gasteiger partial charge in [0, 0.05) is 41.5 Å². The molecule has 1 saturated carbocycles. The van der Waals surface area contributed by atoms with Crippen molar-refractivity contribution in [1.29, 1.82) is 0 Å². The maximum atomic E-state index is 13.8. The Morgan fingerprint density at radius 2 is 1.60 bits per heavy atom. The predicted octanol–water partition coefficient (Wildman–Crippen LogP) is 4.97. The van der Waals surface area contributed by atoms with E-state index in [2.05, 4.69) is 16.4 Å². The van der Waals surface area contributed by atoms with Crippen molar-refractivity contribution >= 4 is 28.4 Å². The van der Waals surface area contributed by atoms with E-state index in [-0.39, 0.29) is 17.5 Å². The zero-order chi connectivity index (χ0) is 24.7. The van der Waals surface area contributed by atoms with Gasteiger partial charge in [-0.2, -0.15) is 0 Å². The number of aromatic nitrogens is 1. The lowest BCUT2D eigenvalue weighted by molar-refractivity contribution is -0.153. The van der Waals surface area contributed by atoms with Crippen molar-refractivity contribution in [3.05, 3.63) is 107 Å². The fraction of sp³-hybridized carbons (Fsp3) is 0.233. The molecule has 1 amide bonds. The molecular weight excluding hydrogens is 436 g/mol. The Hall–Kier alpha value is -3.99. The molecule has 1 unspecified atom stereocenters. The summed E-state index contributed by atoms with van der Waals surface area (Å²) in [5.41, 5.74) is 4.18. The number of fused-ring (bicyclic) bond motifs is 1. The summed E-state index contributed by atoms with van der Waals surface area (Å²) in [4.78, 5) is 43.0. The van der Waals surface area contributed by atoms with E-state index in [1.54, 1.807) is 6.92 Å². The number of amides is 1. The molecule has 3 aromatic carbocycles. The Labute approximate surface area is 204 Å². The number of Topliss-reactive ketones (excluding diaryl/α,β-unsaturated/α-hetero) is 2. The number of hydrogen-bond acceptors (Lipinski definition) is 3. The van der Waals surface area contributed by atoms with Crippen LogP contribution in [-0.4, -0.2) is 22.5 Å². The first-order chi connectivity index (χ1) is 16.8. The number of H-pyrrole nitrogens is 1. The molecule has 0 saturated heterocycles. The second kappa shape index (κ2) is 8.66. The maximum Gasteiger partial charge on any atom is 0.217 e. The molecule has 1 fully saturated rings. The fourth-order valence-electron chi connectivity index (χ4n) is 5.39. The highest BCUT2D eigenvalue weighted by Crippen LogP contribution is 2.50. The van der Waals surface area contributed by atoms with Crippen LogP contribution < -0.4 is 5.32 Å². The number of aryl methyl sites for hydroxylation is 1. The van der Waals surface area contributed by atoms with Gasteiger partial charge in [0.2, 0.25) is 5.91 Å². The first-order valence-electron chi connectivity index (χ1n) is 11.9. The van der Waals surface area contributed by atoms with Gasteiger partial charge in [-0.25, -0.2) is 0 Å². The van der Waals surface area contributed by atoms with Gasteiger partial charge in [0.1, 0.15) is 5.41 Å². The number of hydrogen-bond donors (Lipinski definition) is 2. The summed E-state index contributed by atoms with van der Waals surface area (Å²) >= 11 is 0. The molecule has 1 atom stereocenters. The highest BCUT2D eigenvalue weighted by Gasteiger charge is 2.62. The molecule has 5 rings (SSSR count). The summed E-state index contributed by atoms with van der Waals surface area (Å²) in [6, 6.07) is 25.1. The van der Waals surface area contributed by atoms with E-state index in [0.29, 0.717) is 6.54 Å². The van der Waals surface area contributed by atoms with E-state index < -0.39 is 17.3 Å². The van der Waals surface area contributed by atoms with E-state index in [9.17, 15) is 14.4 Å². The summed E-state index contributed by atoms with van der Waals surface area (Å²) in [7, 11) is 0. The van der Waals surface area contributed by atoms with Crippen LogP contribution in [0.1, 0.15) is 47.7 Å². The van der Waals surface area contributed by atoms with Crippen molar-refractivity contribution in [1.82, 2.24) is 10.3 Å². The van der Waals surface area contributed by atoms with Gasteiger partial charge < -0.3 is 10.3 Å². The Bertz CT molecular complexity index is 1420. The van der Waals surface area contributed by atoms with E-state index in [1.807, 2.05) is 79.7 Å². The molecule has 1 aliphatic rings. The first-order valence-corrected chi connectivity index (χ1v) is 11.9. The van der Waals surface area contributed by atoms with Crippen molar-refractivity contribution in [2.45, 2.75) is 38.6 Å². The van der Waals surface area contributed by atoms with Crippen LogP contribution in [0.25, 0.3) is 10.9 Å². The van der Waals surface area contributed by atoms with Crippen molar-refractivity contribution in [3.63, 3.8) is 0 Å². The molecule has 0 spiro atoms. The predicted molar refractivity (Wildman–Crippen MR) is 136 cm³/mol. The topological polar surface area (TPSA) is 79.0 Å². The van der Waals surface area contributed by atoms with Gasteiger partial charge in [-0.05, 0) is 36.6 Å². The molecule has 176 valence electrons. The molecule has 35 heavy (non-hydrogen) atoms. The Morgan fingerprint density at radius 3 is 2.23 bits per heavy atom. The van der Waals surface area contributed by atoms with Crippen LogP contribution in [0.4, 0.5) is 0 Å². The average molecular weight is 465 g/mol. The number of ketones is 2. The number of benzene rings is 3. The standard InChI is InChI=1S/C30H28N2O3/c1-18-14-15-22-23(17-31-19(2)33)27(32-24(22)16-18)25(20-10-6-4-7-11-20)26-28(34)30(3,29(26)35)21-12-8-5-9-13-21/h4-16,25-26,32H,17H2,1-3H3,(H,31,33). The third-order valence-corrected chi connectivity index (χ3v) is 7.31. The number of aromatic amines is 1. The van der Waals surface area contributed by atoms with Crippen molar-refractivity contribution in [2.75, 3.05) is 0 Å². The van der Waals surface area contributed by atoms with Gasteiger partial charge in [-0.3, -0.25) is 14.4 Å². The van der Waals surface area contributed by atoms with Gasteiger partial charge in [0.15, 0.2) is 11.6 Å². The lowest BCUT2D eigenvalue weighted by atomic mass is 9.53. The highest BCUT2D eigenvalue weighted by molar-refractivity contribution is 6.32. The molecule has 1 heterocycles. The smallest absolute Gasteiger partial charge is 0.217 e. The SMILES string of the molecule is CC(=O)NCc1c(C(c2ccccc2)C2C(=O)C(C)(c3ccccc3)C2=O)[nH]c2cc(C)ccc12. The van der Waals surface area contributed by atoms with Crippen LogP contribution in [-0.2, 0) is 26.3 Å². The van der Waals surface area contributed by atoms with Crippen LogP contribution in [0.5, 0.6) is 0 Å². The maximum absolute atomic E-state index is 13.8. The molecule has 1 aliphatic carbocycles. The number of carbonyl (C=O) groups is 3. The van der Waals surface area contributed by atoms with Crippen LogP contribution in [0.3, 0.4) is 0 Å². The Kier molecular flexibility index (Phi) is 5.64. The largest absolute Gasteiger partial charge is 0.358 e. The third kappa shape index (κ3) is 3.68. The molecule has 4 aromatic rings. The first kappa shape index (κ1) is 22.8. The molecule has 0 bridgehead atoms. The summed E-state index contributed by atoms with van der Waals surface area (Å²) in [6.45, 7) is 5.55. The van der Waals surface area contributed by atoms with Crippen molar-refractivity contribution in [2.24, 2.45) is 5.92 Å². The molecule has 0 radical (unpaired) electrons. The minimum absolute atomic E-state index is 0.0807. The minimum Gasteiger partial charge on any atom is -0.358 e. The summed E-state index contributed by atoms with van der Waals surface area (Å²) in [5, 5.41) is 3.89. The second-order valence-electron chi connectivity index (χ2n) is 9.56. The van der Waals surface area contributed by atoms with Gasteiger partial charge >= 0.3 is 0 Å². The summed E-state index contributed by atoms with van der Waals surface area (Å²) in [6.07, 6.45) is 0. The number of rotatable bonds is 6. The van der Waals surface area contributed by atoms with E-state index in [0.717, 1.165) is 38.9 Å². The quantitative estimate of drug-likeness (QED) is 0.396. The number of carbonyl (C=O) groups excluding carboxylic acids is 3. The lowest BCUT2D eigenvalue weighted by Gasteiger charge is -2.45. The third-order valence-electron chi connectivity index (χ3n) is 7.31. The lowest BCUT2D eigenvalue weighted by Crippen LogP contribution is -2.62. The number of nitrogens with one attached hydrogen (secondary N) is 2. The Morgan fingerprint density at radius 1 is 0.971 bits per heavy atom. The van der Waals surface area contributed by atoms with E-state index in [4.69, 9.17) is 0 Å². The molecular formula is C30H28N2O3. The molecule has 5 nitrogen and oxygen atoms in total.